The maximum atomic E-state index is 12.4. The van der Waals surface area contributed by atoms with Gasteiger partial charge < -0.3 is 10.1 Å². The van der Waals surface area contributed by atoms with Crippen molar-refractivity contribution in [2.75, 3.05) is 11.9 Å². The van der Waals surface area contributed by atoms with E-state index in [9.17, 15) is 4.79 Å². The third kappa shape index (κ3) is 4.84. The van der Waals surface area contributed by atoms with Crippen LogP contribution in [0, 0.1) is 6.92 Å². The van der Waals surface area contributed by atoms with Gasteiger partial charge in [-0.2, -0.15) is 5.10 Å². The largest absolute Gasteiger partial charge is 0.483 e. The van der Waals surface area contributed by atoms with Crippen LogP contribution < -0.4 is 10.1 Å². The second-order valence-corrected chi connectivity index (χ2v) is 8.34. The van der Waals surface area contributed by atoms with Crippen LogP contribution >= 0.6 is 0 Å². The topological polar surface area (TPSA) is 56.1 Å². The van der Waals surface area contributed by atoms with Crippen molar-refractivity contribution < 1.29 is 9.53 Å². The van der Waals surface area contributed by atoms with Crippen LogP contribution in [-0.2, 0) is 15.7 Å². The van der Waals surface area contributed by atoms with Crippen molar-refractivity contribution in [1.82, 2.24) is 9.78 Å². The number of aryl methyl sites for hydroxylation is 1. The number of ether oxygens (including phenoxy) is 1. The van der Waals surface area contributed by atoms with E-state index >= 15 is 0 Å². The number of para-hydroxylation sites is 1. The first-order valence-electron chi connectivity index (χ1n) is 8.58. The molecule has 25 heavy (non-hydrogen) atoms. The summed E-state index contributed by atoms with van der Waals surface area (Å²) in [5.41, 5.74) is 1.69. The summed E-state index contributed by atoms with van der Waals surface area (Å²) in [7, 11) is 0. The van der Waals surface area contributed by atoms with Crippen LogP contribution in [0.1, 0.15) is 52.8 Å². The van der Waals surface area contributed by atoms with E-state index in [2.05, 4.69) is 31.2 Å². The quantitative estimate of drug-likeness (QED) is 0.902. The van der Waals surface area contributed by atoms with Gasteiger partial charge in [0.2, 0.25) is 0 Å². The molecular weight excluding hydrogens is 314 g/mol. The van der Waals surface area contributed by atoms with Crippen LogP contribution in [-0.4, -0.2) is 22.3 Å². The van der Waals surface area contributed by atoms with Crippen molar-refractivity contribution in [2.45, 2.75) is 59.4 Å². The highest BCUT2D eigenvalue weighted by molar-refractivity contribution is 5.91. The van der Waals surface area contributed by atoms with Gasteiger partial charge in [0.05, 0.1) is 11.2 Å². The molecule has 1 amide bonds. The molecule has 5 heteroatoms. The number of amides is 1. The number of carbonyl (C=O) groups excluding carboxylic acids is 1. The van der Waals surface area contributed by atoms with Crippen molar-refractivity contribution in [2.24, 2.45) is 0 Å². The lowest BCUT2D eigenvalue weighted by molar-refractivity contribution is -0.118. The average molecular weight is 343 g/mol. The van der Waals surface area contributed by atoms with E-state index in [0.717, 1.165) is 17.0 Å². The van der Waals surface area contributed by atoms with Crippen molar-refractivity contribution in [3.63, 3.8) is 0 Å². The molecule has 136 valence electrons. The van der Waals surface area contributed by atoms with Crippen LogP contribution in [0.5, 0.6) is 5.75 Å². The summed E-state index contributed by atoms with van der Waals surface area (Å²) < 4.78 is 7.61. The molecule has 5 nitrogen and oxygen atoms in total. The average Bonchev–Trinajstić information content (AvgIpc) is 2.85. The molecule has 1 N–H and O–H groups in total. The third-order valence-electron chi connectivity index (χ3n) is 3.79. The Hall–Kier alpha value is -2.30. The van der Waals surface area contributed by atoms with Gasteiger partial charge in [0.25, 0.3) is 5.91 Å². The zero-order valence-corrected chi connectivity index (χ0v) is 16.3. The van der Waals surface area contributed by atoms with Gasteiger partial charge in [-0.25, -0.2) is 4.68 Å². The molecule has 1 aromatic heterocycles. The molecule has 1 heterocycles. The predicted molar refractivity (Wildman–Crippen MR) is 101 cm³/mol. The fourth-order valence-electron chi connectivity index (χ4n) is 2.63. The Bertz CT molecular complexity index is 749. The lowest BCUT2D eigenvalue weighted by atomic mass is 9.86. The first-order valence-corrected chi connectivity index (χ1v) is 8.58. The molecule has 0 aliphatic rings. The molecule has 0 aliphatic heterocycles. The van der Waals surface area contributed by atoms with Crippen molar-refractivity contribution in [1.29, 1.82) is 0 Å². The number of nitrogens with zero attached hydrogens (tertiary/aromatic N) is 2. The maximum absolute atomic E-state index is 12.4. The first-order chi connectivity index (χ1) is 11.5. The van der Waals surface area contributed by atoms with Crippen LogP contribution in [0.2, 0.25) is 0 Å². The van der Waals surface area contributed by atoms with Gasteiger partial charge in [-0.3, -0.25) is 4.79 Å². The molecule has 0 fully saturated rings. The summed E-state index contributed by atoms with van der Waals surface area (Å²) in [4.78, 5) is 12.4. The monoisotopic (exact) mass is 343 g/mol. The smallest absolute Gasteiger partial charge is 0.263 e. The Kier molecular flexibility index (Phi) is 5.26. The van der Waals surface area contributed by atoms with Gasteiger partial charge in [-0.1, -0.05) is 39.0 Å². The fraction of sp³-hybridized carbons (Fsp3) is 0.500. The van der Waals surface area contributed by atoms with Gasteiger partial charge in [-0.15, -0.1) is 0 Å². The molecule has 2 rings (SSSR count). The number of anilines is 1. The van der Waals surface area contributed by atoms with Crippen LogP contribution in [0.3, 0.4) is 0 Å². The summed E-state index contributed by atoms with van der Waals surface area (Å²) in [6.45, 7) is 14.4. The summed E-state index contributed by atoms with van der Waals surface area (Å²) in [5.74, 6) is 1.22. The second-order valence-electron chi connectivity index (χ2n) is 8.34. The zero-order chi connectivity index (χ0) is 18.8. The van der Waals surface area contributed by atoms with Crippen molar-refractivity contribution >= 4 is 11.7 Å². The minimum Gasteiger partial charge on any atom is -0.483 e. The van der Waals surface area contributed by atoms with Gasteiger partial charge in [-0.05, 0) is 44.7 Å². The number of hydrogen-bond acceptors (Lipinski definition) is 3. The molecule has 0 unspecified atom stereocenters. The number of benzene rings is 1. The van der Waals surface area contributed by atoms with E-state index in [1.807, 2.05) is 62.7 Å². The first kappa shape index (κ1) is 19.0. The Morgan fingerprint density at radius 1 is 1.16 bits per heavy atom. The summed E-state index contributed by atoms with van der Waals surface area (Å²) in [5, 5.41) is 7.36. The summed E-state index contributed by atoms with van der Waals surface area (Å²) >= 11 is 0. The molecular formula is C20H29N3O2. The van der Waals surface area contributed by atoms with Gasteiger partial charge >= 0.3 is 0 Å². The van der Waals surface area contributed by atoms with Gasteiger partial charge in [0.1, 0.15) is 11.6 Å². The van der Waals surface area contributed by atoms with E-state index in [-0.39, 0.29) is 23.5 Å². The van der Waals surface area contributed by atoms with Gasteiger partial charge in [0, 0.05) is 6.07 Å². The lowest BCUT2D eigenvalue weighted by Gasteiger charge is -2.23. The number of rotatable bonds is 4. The van der Waals surface area contributed by atoms with Crippen LogP contribution in [0.15, 0.2) is 30.3 Å². The second kappa shape index (κ2) is 6.90. The summed E-state index contributed by atoms with van der Waals surface area (Å²) in [6.07, 6.45) is 0. The summed E-state index contributed by atoms with van der Waals surface area (Å²) in [6, 6.07) is 9.70. The number of hydrogen-bond donors (Lipinski definition) is 1. The van der Waals surface area contributed by atoms with E-state index in [0.29, 0.717) is 5.82 Å². The van der Waals surface area contributed by atoms with Crippen LogP contribution in [0.25, 0.3) is 0 Å². The molecule has 0 aliphatic carbocycles. The van der Waals surface area contributed by atoms with Gasteiger partial charge in [0.15, 0.2) is 6.61 Å². The molecule has 0 spiro atoms. The minimum atomic E-state index is -0.212. The highest BCUT2D eigenvalue weighted by Gasteiger charge is 2.21. The van der Waals surface area contributed by atoms with E-state index < -0.39 is 0 Å². The molecule has 1 aromatic carbocycles. The standard InChI is InChI=1S/C20H29N3O2/c1-14-12-17(23(22-14)20(5,6)7)21-18(24)13-25-16-11-9-8-10-15(16)19(2,3)4/h8-12H,13H2,1-7H3,(H,21,24). The molecule has 0 bridgehead atoms. The highest BCUT2D eigenvalue weighted by Crippen LogP contribution is 2.31. The van der Waals surface area contributed by atoms with E-state index in [1.54, 1.807) is 0 Å². The number of carbonyl (C=O) groups is 1. The van der Waals surface area contributed by atoms with Crippen LogP contribution in [0.4, 0.5) is 5.82 Å². The van der Waals surface area contributed by atoms with E-state index in [1.165, 1.54) is 0 Å². The Labute approximate surface area is 150 Å². The fourth-order valence-corrected chi connectivity index (χ4v) is 2.63. The normalized spacial score (nSPS) is 12.1. The Morgan fingerprint density at radius 3 is 2.40 bits per heavy atom. The SMILES string of the molecule is Cc1cc(NC(=O)COc2ccccc2C(C)(C)C)n(C(C)(C)C)n1. The third-order valence-corrected chi connectivity index (χ3v) is 3.79. The molecule has 2 aromatic rings. The predicted octanol–water partition coefficient (Wildman–Crippen LogP) is 4.26. The zero-order valence-electron chi connectivity index (χ0n) is 16.3. The molecule has 0 saturated heterocycles. The Balaban J connectivity index is 2.09. The maximum Gasteiger partial charge on any atom is 0.263 e. The minimum absolute atomic E-state index is 0.0402. The number of nitrogens with one attached hydrogen (secondary N) is 1. The highest BCUT2D eigenvalue weighted by atomic mass is 16.5. The van der Waals surface area contributed by atoms with Crippen molar-refractivity contribution in [3.8, 4) is 5.75 Å². The van der Waals surface area contributed by atoms with E-state index in [4.69, 9.17) is 4.74 Å². The number of aromatic nitrogens is 2. The molecule has 0 atom stereocenters. The lowest BCUT2D eigenvalue weighted by Crippen LogP contribution is -2.28. The molecule has 0 radical (unpaired) electrons. The van der Waals surface area contributed by atoms with Crippen molar-refractivity contribution in [3.05, 3.63) is 41.6 Å². The Morgan fingerprint density at radius 2 is 1.80 bits per heavy atom. The molecule has 0 saturated carbocycles.